The lowest BCUT2D eigenvalue weighted by Crippen LogP contribution is -2.52. The van der Waals surface area contributed by atoms with Crippen molar-refractivity contribution in [2.24, 2.45) is 23.1 Å². The summed E-state index contributed by atoms with van der Waals surface area (Å²) in [6.07, 6.45) is 0.593. The zero-order chi connectivity index (χ0) is 31.4. The number of carbonyl (C=O) groups is 4. The maximum absolute atomic E-state index is 13.8. The Labute approximate surface area is 249 Å². The molecule has 1 heterocycles. The van der Waals surface area contributed by atoms with Gasteiger partial charge in [-0.25, -0.2) is 0 Å². The van der Waals surface area contributed by atoms with Crippen LogP contribution in [0.25, 0.3) is 0 Å². The molecular weight excluding hydrogens is 554 g/mol. The van der Waals surface area contributed by atoms with Crippen LogP contribution in [0.2, 0.25) is 0 Å². The van der Waals surface area contributed by atoms with Crippen molar-refractivity contribution in [2.75, 3.05) is 32.8 Å². The number of guanidine groups is 1. The van der Waals surface area contributed by atoms with Gasteiger partial charge in [-0.2, -0.15) is 0 Å². The number of hydrogen-bond acceptors (Lipinski definition) is 7. The highest BCUT2D eigenvalue weighted by molar-refractivity contribution is 6.02. The van der Waals surface area contributed by atoms with Gasteiger partial charge < -0.3 is 42.8 Å². The van der Waals surface area contributed by atoms with Crippen LogP contribution in [0.1, 0.15) is 35.6 Å². The van der Waals surface area contributed by atoms with Gasteiger partial charge in [-0.15, -0.1) is 0 Å². The fourth-order valence-electron chi connectivity index (χ4n) is 4.61. The number of ether oxygens (including phenoxy) is 1. The summed E-state index contributed by atoms with van der Waals surface area (Å²) in [7, 11) is 0. The molecule has 2 aromatic rings. The Morgan fingerprint density at radius 2 is 1.53 bits per heavy atom. The summed E-state index contributed by atoms with van der Waals surface area (Å²) in [5.74, 6) is -4.01. The van der Waals surface area contributed by atoms with Crippen LogP contribution in [0.3, 0.4) is 0 Å². The third-order valence-corrected chi connectivity index (χ3v) is 6.97. The van der Waals surface area contributed by atoms with Gasteiger partial charge in [0.25, 0.3) is 0 Å². The zero-order valence-electron chi connectivity index (χ0n) is 23.8. The molecule has 0 aromatic heterocycles. The van der Waals surface area contributed by atoms with Gasteiger partial charge in [0.15, 0.2) is 5.96 Å². The molecule has 14 heteroatoms. The number of primary amides is 1. The van der Waals surface area contributed by atoms with Gasteiger partial charge in [0.2, 0.25) is 23.6 Å². The molecule has 230 valence electrons. The quantitative estimate of drug-likeness (QED) is 0.0588. The lowest BCUT2D eigenvalue weighted by molar-refractivity contribution is -0.146. The molecule has 1 unspecified atom stereocenters. The third kappa shape index (κ3) is 9.81. The van der Waals surface area contributed by atoms with Crippen molar-refractivity contribution in [1.29, 1.82) is 10.8 Å². The molecule has 3 rings (SSSR count). The monoisotopic (exact) mass is 593 g/mol. The van der Waals surface area contributed by atoms with Gasteiger partial charge in [0.05, 0.1) is 13.2 Å². The number of amidine groups is 1. The minimum Gasteiger partial charge on any atom is -0.384 e. The number of benzene rings is 2. The molecular formula is C29H39N9O5. The van der Waals surface area contributed by atoms with E-state index in [-0.39, 0.29) is 24.6 Å². The summed E-state index contributed by atoms with van der Waals surface area (Å²) in [5, 5.41) is 22.8. The van der Waals surface area contributed by atoms with E-state index in [1.54, 1.807) is 59.5 Å². The van der Waals surface area contributed by atoms with Crippen LogP contribution >= 0.6 is 0 Å². The Balaban J connectivity index is 1.84. The SMILES string of the molecule is N=C(N)NCCCC(NC(=O)[C@@H](NC(=O)[C@H](Cc1ccc(C(=N)N)cc1)C(=O)N1CCOCC1)c1ccccc1)C(N)=O. The maximum Gasteiger partial charge on any atom is 0.247 e. The number of nitrogen functional groups attached to an aromatic ring is 1. The normalized spacial score (nSPS) is 14.9. The molecule has 1 aliphatic rings. The molecule has 1 saturated heterocycles. The predicted molar refractivity (Wildman–Crippen MR) is 160 cm³/mol. The lowest BCUT2D eigenvalue weighted by atomic mass is 9.94. The van der Waals surface area contributed by atoms with Gasteiger partial charge in [-0.05, 0) is 30.4 Å². The van der Waals surface area contributed by atoms with E-state index in [2.05, 4.69) is 16.0 Å². The second-order valence-electron chi connectivity index (χ2n) is 10.1. The number of morpholine rings is 1. The van der Waals surface area contributed by atoms with Gasteiger partial charge in [-0.1, -0.05) is 54.6 Å². The highest BCUT2D eigenvalue weighted by Gasteiger charge is 2.35. The average Bonchev–Trinajstić information content (AvgIpc) is 3.00. The molecule has 11 N–H and O–H groups in total. The highest BCUT2D eigenvalue weighted by Crippen LogP contribution is 2.19. The standard InChI is InChI=1S/C29H39N9O5/c30-24(31)20-10-8-18(9-11-20)17-21(28(42)38-13-15-43-16-14-38)26(40)37-23(19-5-2-1-3-6-19)27(41)36-22(25(32)39)7-4-12-35-29(33)34/h1-3,5-6,8-11,21-23H,4,7,12-17H2,(H3,30,31)(H2,32,39)(H,36,41)(H,37,40)(H4,33,34,35)/t21-,22?,23-/m0/s1. The van der Waals surface area contributed by atoms with Crippen molar-refractivity contribution in [1.82, 2.24) is 20.9 Å². The van der Waals surface area contributed by atoms with E-state index in [9.17, 15) is 19.2 Å². The van der Waals surface area contributed by atoms with Gasteiger partial charge in [0.1, 0.15) is 23.8 Å². The minimum absolute atomic E-state index is 0.0381. The van der Waals surface area contributed by atoms with Crippen LogP contribution in [0.4, 0.5) is 0 Å². The Hall–Kier alpha value is -4.98. The summed E-state index contributed by atoms with van der Waals surface area (Å²) in [5.41, 5.74) is 18.0. The highest BCUT2D eigenvalue weighted by atomic mass is 16.5. The van der Waals surface area contributed by atoms with E-state index in [4.69, 9.17) is 32.8 Å². The lowest BCUT2D eigenvalue weighted by Gasteiger charge is -2.31. The molecule has 3 atom stereocenters. The van der Waals surface area contributed by atoms with E-state index in [0.717, 1.165) is 0 Å². The number of nitrogens with zero attached hydrogens (tertiary/aromatic N) is 1. The number of hydrogen-bond donors (Lipinski definition) is 8. The van der Waals surface area contributed by atoms with Crippen LogP contribution in [0, 0.1) is 16.7 Å². The van der Waals surface area contributed by atoms with E-state index < -0.39 is 41.6 Å². The molecule has 14 nitrogen and oxygen atoms in total. The van der Waals surface area contributed by atoms with Crippen molar-refractivity contribution >= 4 is 35.4 Å². The zero-order valence-corrected chi connectivity index (χ0v) is 23.8. The molecule has 0 bridgehead atoms. The first-order valence-corrected chi connectivity index (χ1v) is 13.9. The van der Waals surface area contributed by atoms with Crippen molar-refractivity contribution in [3.05, 3.63) is 71.3 Å². The summed E-state index contributed by atoms with van der Waals surface area (Å²) >= 11 is 0. The van der Waals surface area contributed by atoms with E-state index in [1.165, 1.54) is 0 Å². The van der Waals surface area contributed by atoms with E-state index in [1.807, 2.05) is 0 Å². The number of carbonyl (C=O) groups excluding carboxylic acids is 4. The van der Waals surface area contributed by atoms with Crippen molar-refractivity contribution < 1.29 is 23.9 Å². The minimum atomic E-state index is -1.23. The van der Waals surface area contributed by atoms with Crippen LogP contribution in [-0.2, 0) is 30.3 Å². The van der Waals surface area contributed by atoms with E-state index >= 15 is 0 Å². The van der Waals surface area contributed by atoms with Crippen LogP contribution in [0.15, 0.2) is 54.6 Å². The first kappa shape index (κ1) is 32.5. The summed E-state index contributed by atoms with van der Waals surface area (Å²) in [4.78, 5) is 54.7. The Kier molecular flexibility index (Phi) is 12.0. The summed E-state index contributed by atoms with van der Waals surface area (Å²) < 4.78 is 5.36. The molecule has 1 fully saturated rings. The molecule has 0 radical (unpaired) electrons. The number of nitrogens with two attached hydrogens (primary N) is 3. The largest absolute Gasteiger partial charge is 0.384 e. The molecule has 1 aliphatic heterocycles. The van der Waals surface area contributed by atoms with Crippen LogP contribution < -0.4 is 33.2 Å². The van der Waals surface area contributed by atoms with Crippen molar-refractivity contribution in [2.45, 2.75) is 31.3 Å². The second kappa shape index (κ2) is 15.9. The summed E-state index contributed by atoms with van der Waals surface area (Å²) in [6, 6.07) is 12.9. The Morgan fingerprint density at radius 1 is 0.884 bits per heavy atom. The molecule has 0 spiro atoms. The topological polar surface area (TPSA) is 243 Å². The summed E-state index contributed by atoms with van der Waals surface area (Å²) in [6.45, 7) is 1.64. The maximum atomic E-state index is 13.8. The van der Waals surface area contributed by atoms with E-state index in [0.29, 0.717) is 56.0 Å². The smallest absolute Gasteiger partial charge is 0.247 e. The van der Waals surface area contributed by atoms with Gasteiger partial charge in [0, 0.05) is 25.2 Å². The van der Waals surface area contributed by atoms with Gasteiger partial charge >= 0.3 is 0 Å². The Morgan fingerprint density at radius 3 is 2.12 bits per heavy atom. The van der Waals surface area contributed by atoms with Crippen molar-refractivity contribution in [3.8, 4) is 0 Å². The van der Waals surface area contributed by atoms with Crippen molar-refractivity contribution in [3.63, 3.8) is 0 Å². The fraction of sp³-hybridized carbons (Fsp3) is 0.379. The Bertz CT molecular complexity index is 1300. The third-order valence-electron chi connectivity index (χ3n) is 6.97. The number of nitrogens with one attached hydrogen (secondary N) is 5. The van der Waals surface area contributed by atoms with Crippen LogP contribution in [-0.4, -0.2) is 79.2 Å². The first-order valence-electron chi connectivity index (χ1n) is 13.9. The second-order valence-corrected chi connectivity index (χ2v) is 10.1. The first-order chi connectivity index (χ1) is 20.6. The molecule has 43 heavy (non-hydrogen) atoms. The fourth-order valence-corrected chi connectivity index (χ4v) is 4.61. The average molecular weight is 594 g/mol. The molecule has 4 amide bonds. The van der Waals surface area contributed by atoms with Gasteiger partial charge in [-0.3, -0.25) is 30.0 Å². The molecule has 0 aliphatic carbocycles. The molecule has 0 saturated carbocycles. The predicted octanol–water partition coefficient (Wildman–Crippen LogP) is -0.921. The molecule has 2 aromatic carbocycles. The van der Waals surface area contributed by atoms with Crippen LogP contribution in [0.5, 0.6) is 0 Å². The number of amides is 4. The number of rotatable bonds is 14.